The second-order valence-corrected chi connectivity index (χ2v) is 4.36. The summed E-state index contributed by atoms with van der Waals surface area (Å²) in [6.07, 6.45) is 1.02. The van der Waals surface area contributed by atoms with Crippen LogP contribution in [0.2, 0.25) is 5.02 Å². The molecule has 86 valence electrons. The Kier molecular flexibility index (Phi) is 3.56. The zero-order chi connectivity index (χ0) is 11.5. The highest BCUT2D eigenvalue weighted by Crippen LogP contribution is 2.19. The largest absolute Gasteiger partial charge is 0.381 e. The van der Waals surface area contributed by atoms with Crippen LogP contribution in [0.5, 0.6) is 0 Å². The Morgan fingerprint density at radius 1 is 1.56 bits per heavy atom. The third kappa shape index (κ3) is 2.60. The van der Waals surface area contributed by atoms with E-state index in [1.165, 1.54) is 12.1 Å². The first-order chi connectivity index (χ1) is 7.66. The number of halogens is 2. The summed E-state index contributed by atoms with van der Waals surface area (Å²) in [5.41, 5.74) is 0.666. The van der Waals surface area contributed by atoms with Crippen molar-refractivity contribution in [3.63, 3.8) is 0 Å². The Labute approximate surface area is 98.4 Å². The minimum Gasteiger partial charge on any atom is -0.381 e. The van der Waals surface area contributed by atoms with Gasteiger partial charge in [-0.1, -0.05) is 17.7 Å². The number of ether oxygens (including phenoxy) is 1. The minimum atomic E-state index is -0.477. The quantitative estimate of drug-likeness (QED) is 0.815. The van der Waals surface area contributed by atoms with Gasteiger partial charge in [0.1, 0.15) is 11.6 Å². The zero-order valence-electron chi connectivity index (χ0n) is 8.71. The van der Waals surface area contributed by atoms with E-state index >= 15 is 0 Å². The highest BCUT2D eigenvalue weighted by Gasteiger charge is 2.23. The van der Waals surface area contributed by atoms with Crippen molar-refractivity contribution in [3.05, 3.63) is 34.6 Å². The molecule has 1 aliphatic heterocycles. The summed E-state index contributed by atoms with van der Waals surface area (Å²) in [6.45, 7) is 1.14. The summed E-state index contributed by atoms with van der Waals surface area (Å²) in [5.74, 6) is -0.396. The lowest BCUT2D eigenvalue weighted by Crippen LogP contribution is -2.16. The van der Waals surface area contributed by atoms with Crippen molar-refractivity contribution in [1.82, 2.24) is 0 Å². The molecule has 2 rings (SSSR count). The normalized spacial score (nSPS) is 20.0. The van der Waals surface area contributed by atoms with Gasteiger partial charge in [-0.05, 0) is 24.1 Å². The fourth-order valence-electron chi connectivity index (χ4n) is 1.78. The molecular formula is C12H12ClFO2. The maximum absolute atomic E-state index is 13.1. The van der Waals surface area contributed by atoms with Gasteiger partial charge in [-0.15, -0.1) is 0 Å². The van der Waals surface area contributed by atoms with Crippen LogP contribution < -0.4 is 0 Å². The van der Waals surface area contributed by atoms with Crippen LogP contribution in [-0.4, -0.2) is 19.0 Å². The van der Waals surface area contributed by atoms with Crippen LogP contribution in [-0.2, 0) is 16.0 Å². The zero-order valence-corrected chi connectivity index (χ0v) is 9.47. The van der Waals surface area contributed by atoms with E-state index in [1.807, 2.05) is 0 Å². The predicted octanol–water partition coefficient (Wildman–Crippen LogP) is 2.63. The molecule has 1 fully saturated rings. The standard InChI is InChI=1S/C12H12ClFO2/c13-10-2-1-8(5-11(10)14)6-12(15)9-3-4-16-7-9/h1-2,5,9H,3-4,6-7H2. The van der Waals surface area contributed by atoms with Crippen molar-refractivity contribution < 1.29 is 13.9 Å². The summed E-state index contributed by atoms with van der Waals surface area (Å²) < 4.78 is 18.3. The first-order valence-electron chi connectivity index (χ1n) is 5.21. The molecule has 1 aliphatic rings. The van der Waals surface area contributed by atoms with Crippen LogP contribution in [0, 0.1) is 11.7 Å². The van der Waals surface area contributed by atoms with Crippen molar-refractivity contribution in [1.29, 1.82) is 0 Å². The predicted molar refractivity (Wildman–Crippen MR) is 59.0 cm³/mol. The topological polar surface area (TPSA) is 26.3 Å². The summed E-state index contributed by atoms with van der Waals surface area (Å²) >= 11 is 5.56. The number of rotatable bonds is 3. The average Bonchev–Trinajstić information content (AvgIpc) is 2.77. The summed E-state index contributed by atoms with van der Waals surface area (Å²) in [6, 6.07) is 4.47. The van der Waals surface area contributed by atoms with E-state index in [1.54, 1.807) is 6.07 Å². The van der Waals surface area contributed by atoms with Gasteiger partial charge in [0, 0.05) is 18.9 Å². The Morgan fingerprint density at radius 3 is 3.00 bits per heavy atom. The van der Waals surface area contributed by atoms with E-state index in [4.69, 9.17) is 16.3 Å². The molecule has 1 saturated heterocycles. The molecular weight excluding hydrogens is 231 g/mol. The van der Waals surface area contributed by atoms with Gasteiger partial charge < -0.3 is 4.74 Å². The lowest BCUT2D eigenvalue weighted by atomic mass is 9.97. The van der Waals surface area contributed by atoms with Crippen LogP contribution >= 0.6 is 11.6 Å². The second-order valence-electron chi connectivity index (χ2n) is 3.95. The number of hydrogen-bond donors (Lipinski definition) is 0. The number of ketones is 1. The van der Waals surface area contributed by atoms with Crippen molar-refractivity contribution in [2.75, 3.05) is 13.2 Å². The highest BCUT2D eigenvalue weighted by atomic mass is 35.5. The van der Waals surface area contributed by atoms with Crippen LogP contribution in [0.3, 0.4) is 0 Å². The average molecular weight is 243 g/mol. The van der Waals surface area contributed by atoms with Crippen LogP contribution in [0.4, 0.5) is 4.39 Å². The highest BCUT2D eigenvalue weighted by molar-refractivity contribution is 6.30. The Morgan fingerprint density at radius 2 is 2.38 bits per heavy atom. The SMILES string of the molecule is O=C(Cc1ccc(Cl)c(F)c1)C1CCOC1. The fourth-order valence-corrected chi connectivity index (χ4v) is 1.90. The van der Waals surface area contributed by atoms with Crippen molar-refractivity contribution >= 4 is 17.4 Å². The molecule has 16 heavy (non-hydrogen) atoms. The Balaban J connectivity index is 2.02. The van der Waals surface area contributed by atoms with E-state index in [9.17, 15) is 9.18 Å². The van der Waals surface area contributed by atoms with Gasteiger partial charge in [0.2, 0.25) is 0 Å². The molecule has 1 aromatic carbocycles. The first-order valence-corrected chi connectivity index (χ1v) is 5.59. The molecule has 1 unspecified atom stereocenters. The molecule has 2 nitrogen and oxygen atoms in total. The monoisotopic (exact) mass is 242 g/mol. The van der Waals surface area contributed by atoms with Crippen LogP contribution in [0.25, 0.3) is 0 Å². The molecule has 0 amide bonds. The Bertz CT molecular complexity index is 400. The van der Waals surface area contributed by atoms with Crippen LogP contribution in [0.1, 0.15) is 12.0 Å². The third-order valence-electron chi connectivity index (χ3n) is 2.75. The first kappa shape index (κ1) is 11.6. The van der Waals surface area contributed by atoms with Crippen molar-refractivity contribution in [3.8, 4) is 0 Å². The molecule has 0 spiro atoms. The molecule has 1 aromatic rings. The molecule has 0 aliphatic carbocycles. The van der Waals surface area contributed by atoms with Gasteiger partial charge in [0.25, 0.3) is 0 Å². The van der Waals surface area contributed by atoms with Crippen LogP contribution in [0.15, 0.2) is 18.2 Å². The minimum absolute atomic E-state index is 0.0289. The number of hydrogen-bond acceptors (Lipinski definition) is 2. The molecule has 1 heterocycles. The van der Waals surface area contributed by atoms with Gasteiger partial charge in [0.05, 0.1) is 11.6 Å². The van der Waals surface area contributed by atoms with Gasteiger partial charge in [-0.3, -0.25) is 4.79 Å². The van der Waals surface area contributed by atoms with E-state index in [0.29, 0.717) is 18.8 Å². The van der Waals surface area contributed by atoms with E-state index < -0.39 is 5.82 Å². The number of Topliss-reactive ketones (excluding diaryl/α,β-unsaturated/α-hetero) is 1. The smallest absolute Gasteiger partial charge is 0.142 e. The molecule has 0 aromatic heterocycles. The molecule has 0 radical (unpaired) electrons. The van der Waals surface area contributed by atoms with E-state index in [-0.39, 0.29) is 23.1 Å². The number of carbonyl (C=O) groups is 1. The van der Waals surface area contributed by atoms with Gasteiger partial charge in [0.15, 0.2) is 0 Å². The van der Waals surface area contributed by atoms with E-state index in [2.05, 4.69) is 0 Å². The summed E-state index contributed by atoms with van der Waals surface area (Å²) in [5, 5.41) is 0.0837. The van der Waals surface area contributed by atoms with Gasteiger partial charge >= 0.3 is 0 Å². The fraction of sp³-hybridized carbons (Fsp3) is 0.417. The molecule has 4 heteroatoms. The molecule has 0 bridgehead atoms. The molecule has 1 atom stereocenters. The maximum atomic E-state index is 13.1. The lowest BCUT2D eigenvalue weighted by Gasteiger charge is -2.06. The van der Waals surface area contributed by atoms with Crippen molar-refractivity contribution in [2.24, 2.45) is 5.92 Å². The van der Waals surface area contributed by atoms with Gasteiger partial charge in [-0.25, -0.2) is 4.39 Å². The van der Waals surface area contributed by atoms with E-state index in [0.717, 1.165) is 6.42 Å². The number of carbonyl (C=O) groups excluding carboxylic acids is 1. The summed E-state index contributed by atoms with van der Waals surface area (Å²) in [4.78, 5) is 11.8. The molecule has 0 saturated carbocycles. The Hall–Kier alpha value is -0.930. The lowest BCUT2D eigenvalue weighted by molar-refractivity contribution is -0.122. The van der Waals surface area contributed by atoms with Gasteiger partial charge in [-0.2, -0.15) is 0 Å². The summed E-state index contributed by atoms with van der Waals surface area (Å²) in [7, 11) is 0. The molecule has 0 N–H and O–H groups in total. The maximum Gasteiger partial charge on any atom is 0.142 e. The van der Waals surface area contributed by atoms with Crippen molar-refractivity contribution in [2.45, 2.75) is 12.8 Å². The number of benzene rings is 1. The third-order valence-corrected chi connectivity index (χ3v) is 3.05. The second kappa shape index (κ2) is 4.93.